The minimum atomic E-state index is -4.41. The second kappa shape index (κ2) is 6.13. The van der Waals surface area contributed by atoms with Crippen LogP contribution in [0.15, 0.2) is 42.6 Å². The number of β-amino-alcohol motifs (C(OH)–C–C–N with tert-alkyl or cyclic N) is 1. The topological polar surface area (TPSA) is 60.2 Å². The number of nitrogens with zero attached hydrogens (tertiary/aromatic N) is 3. The summed E-state index contributed by atoms with van der Waals surface area (Å²) in [6.07, 6.45) is -3.26. The molecule has 0 radical (unpaired) electrons. The molecule has 1 saturated heterocycles. The van der Waals surface area contributed by atoms with E-state index < -0.39 is 23.9 Å². The number of benzene rings is 1. The fourth-order valence-electron chi connectivity index (χ4n) is 3.00. The molecule has 0 amide bonds. The quantitative estimate of drug-likeness (QED) is 0.916. The Balaban J connectivity index is 1.98. The number of halogens is 3. The zero-order chi connectivity index (χ0) is 17.3. The van der Waals surface area contributed by atoms with Crippen molar-refractivity contribution in [3.05, 3.63) is 59.4 Å². The molecule has 0 unspecified atom stereocenters. The minimum absolute atomic E-state index is 0.219. The summed E-state index contributed by atoms with van der Waals surface area (Å²) >= 11 is 0. The van der Waals surface area contributed by atoms with Crippen molar-refractivity contribution in [2.24, 2.45) is 0 Å². The van der Waals surface area contributed by atoms with Crippen molar-refractivity contribution >= 4 is 5.69 Å². The van der Waals surface area contributed by atoms with Crippen LogP contribution in [-0.4, -0.2) is 22.7 Å². The molecule has 0 aliphatic carbocycles. The van der Waals surface area contributed by atoms with Crippen molar-refractivity contribution in [3.63, 3.8) is 0 Å². The summed E-state index contributed by atoms with van der Waals surface area (Å²) in [6, 6.07) is 9.92. The fraction of sp³-hybridized carbons (Fsp3) is 0.294. The molecule has 2 aromatic rings. The highest BCUT2D eigenvalue weighted by Crippen LogP contribution is 2.38. The highest BCUT2D eigenvalue weighted by molar-refractivity contribution is 5.52. The van der Waals surface area contributed by atoms with E-state index in [1.54, 1.807) is 18.2 Å². The van der Waals surface area contributed by atoms with Crippen LogP contribution in [-0.2, 0) is 6.18 Å². The Morgan fingerprint density at radius 1 is 1.25 bits per heavy atom. The van der Waals surface area contributed by atoms with E-state index in [2.05, 4.69) is 4.98 Å². The first kappa shape index (κ1) is 16.3. The largest absolute Gasteiger partial charge is 0.416 e. The summed E-state index contributed by atoms with van der Waals surface area (Å²) in [6.45, 7) is 0.287. The zero-order valence-corrected chi connectivity index (χ0v) is 12.5. The number of nitriles is 1. The molecule has 2 atom stereocenters. The van der Waals surface area contributed by atoms with Gasteiger partial charge in [0.1, 0.15) is 11.8 Å². The zero-order valence-electron chi connectivity index (χ0n) is 12.5. The summed E-state index contributed by atoms with van der Waals surface area (Å²) in [5.74, 6) is 0. The maximum atomic E-state index is 12.9. The van der Waals surface area contributed by atoms with Gasteiger partial charge in [-0.05, 0) is 36.2 Å². The second-order valence-corrected chi connectivity index (χ2v) is 5.69. The Hall–Kier alpha value is -2.59. The van der Waals surface area contributed by atoms with Gasteiger partial charge in [0.15, 0.2) is 0 Å². The van der Waals surface area contributed by atoms with Gasteiger partial charge in [-0.2, -0.15) is 18.4 Å². The molecule has 0 bridgehead atoms. The van der Waals surface area contributed by atoms with Crippen molar-refractivity contribution in [1.82, 2.24) is 4.98 Å². The van der Waals surface area contributed by atoms with E-state index in [0.717, 1.165) is 12.1 Å². The summed E-state index contributed by atoms with van der Waals surface area (Å²) in [7, 11) is 0. The maximum absolute atomic E-state index is 12.9. The first-order chi connectivity index (χ1) is 11.4. The summed E-state index contributed by atoms with van der Waals surface area (Å²) in [5, 5.41) is 19.0. The Bertz CT molecular complexity index is 785. The van der Waals surface area contributed by atoms with Gasteiger partial charge in [0.05, 0.1) is 17.7 Å². The summed E-state index contributed by atoms with van der Waals surface area (Å²) < 4.78 is 38.8. The van der Waals surface area contributed by atoms with Gasteiger partial charge < -0.3 is 10.0 Å². The highest BCUT2D eigenvalue weighted by Gasteiger charge is 2.35. The van der Waals surface area contributed by atoms with Crippen molar-refractivity contribution in [2.45, 2.75) is 24.7 Å². The number of aliphatic hydroxyl groups excluding tert-OH is 1. The van der Waals surface area contributed by atoms with Crippen LogP contribution >= 0.6 is 0 Å². The SMILES string of the molecule is N#Cc1cc(N2C[C@@H](O)C[C@H]2c2cccc(C(F)(F)F)c2)ccn1. The van der Waals surface area contributed by atoms with Crippen LogP contribution in [0.3, 0.4) is 0 Å². The fourth-order valence-corrected chi connectivity index (χ4v) is 3.00. The number of aromatic nitrogens is 1. The molecular weight excluding hydrogens is 319 g/mol. The Morgan fingerprint density at radius 2 is 2.04 bits per heavy atom. The molecule has 1 aromatic heterocycles. The van der Waals surface area contributed by atoms with Crippen LogP contribution in [0, 0.1) is 11.3 Å². The average Bonchev–Trinajstić information content (AvgIpc) is 2.96. The molecular formula is C17H14F3N3O. The first-order valence-electron chi connectivity index (χ1n) is 7.36. The van der Waals surface area contributed by atoms with Gasteiger partial charge in [0.2, 0.25) is 0 Å². The molecule has 2 heterocycles. The molecule has 1 fully saturated rings. The number of hydrogen-bond donors (Lipinski definition) is 1. The second-order valence-electron chi connectivity index (χ2n) is 5.69. The number of anilines is 1. The summed E-state index contributed by atoms with van der Waals surface area (Å²) in [4.78, 5) is 5.70. The van der Waals surface area contributed by atoms with Gasteiger partial charge in [-0.15, -0.1) is 0 Å². The predicted octanol–water partition coefficient (Wildman–Crippen LogP) is 3.28. The van der Waals surface area contributed by atoms with Crippen molar-refractivity contribution < 1.29 is 18.3 Å². The predicted molar refractivity (Wildman–Crippen MR) is 81.1 cm³/mol. The lowest BCUT2D eigenvalue weighted by Crippen LogP contribution is -2.24. The minimum Gasteiger partial charge on any atom is -0.391 e. The highest BCUT2D eigenvalue weighted by atomic mass is 19.4. The lowest BCUT2D eigenvalue weighted by Gasteiger charge is -2.27. The van der Waals surface area contributed by atoms with E-state index in [-0.39, 0.29) is 12.2 Å². The van der Waals surface area contributed by atoms with Crippen molar-refractivity contribution in [3.8, 4) is 6.07 Å². The van der Waals surface area contributed by atoms with Crippen LogP contribution in [0.4, 0.5) is 18.9 Å². The van der Waals surface area contributed by atoms with E-state index in [0.29, 0.717) is 17.7 Å². The van der Waals surface area contributed by atoms with E-state index in [4.69, 9.17) is 5.26 Å². The van der Waals surface area contributed by atoms with Gasteiger partial charge >= 0.3 is 6.18 Å². The number of alkyl halides is 3. The number of rotatable bonds is 2. The molecule has 124 valence electrons. The number of hydrogen-bond acceptors (Lipinski definition) is 4. The molecule has 1 aliphatic rings. The van der Waals surface area contributed by atoms with E-state index in [1.807, 2.05) is 11.0 Å². The van der Waals surface area contributed by atoms with Gasteiger partial charge in [-0.25, -0.2) is 4.98 Å². The maximum Gasteiger partial charge on any atom is 0.416 e. The Kier molecular flexibility index (Phi) is 4.16. The molecule has 0 saturated carbocycles. The lowest BCUT2D eigenvalue weighted by molar-refractivity contribution is -0.137. The van der Waals surface area contributed by atoms with E-state index in [9.17, 15) is 18.3 Å². The Morgan fingerprint density at radius 3 is 2.75 bits per heavy atom. The third kappa shape index (κ3) is 3.19. The smallest absolute Gasteiger partial charge is 0.391 e. The lowest BCUT2D eigenvalue weighted by atomic mass is 10.0. The van der Waals surface area contributed by atoms with Crippen LogP contribution in [0.1, 0.15) is 29.3 Å². The summed E-state index contributed by atoms with van der Waals surface area (Å²) in [5.41, 5.74) is 0.641. The average molecular weight is 333 g/mol. The molecule has 0 spiro atoms. The molecule has 1 N–H and O–H groups in total. The van der Waals surface area contributed by atoms with Crippen LogP contribution in [0.5, 0.6) is 0 Å². The molecule has 1 aromatic carbocycles. The molecule has 1 aliphatic heterocycles. The molecule has 7 heteroatoms. The van der Waals surface area contributed by atoms with E-state index >= 15 is 0 Å². The van der Waals surface area contributed by atoms with Gasteiger partial charge in [-0.1, -0.05) is 12.1 Å². The standard InChI is InChI=1S/C17H14F3N3O/c18-17(19,20)12-3-1-2-11(6-12)16-8-15(24)10-23(16)14-4-5-22-13(7-14)9-21/h1-7,15-16,24H,8,10H2/t15-,16-/m0/s1. The first-order valence-corrected chi connectivity index (χ1v) is 7.36. The normalized spacial score (nSPS) is 20.9. The third-order valence-corrected chi connectivity index (χ3v) is 4.07. The molecule has 4 nitrogen and oxygen atoms in total. The molecule has 3 rings (SSSR count). The third-order valence-electron chi connectivity index (χ3n) is 4.07. The Labute approximate surface area is 136 Å². The van der Waals surface area contributed by atoms with Crippen LogP contribution < -0.4 is 4.90 Å². The molecule has 24 heavy (non-hydrogen) atoms. The number of pyridine rings is 1. The van der Waals surface area contributed by atoms with Crippen LogP contribution in [0.25, 0.3) is 0 Å². The van der Waals surface area contributed by atoms with Crippen molar-refractivity contribution in [1.29, 1.82) is 5.26 Å². The van der Waals surface area contributed by atoms with Gasteiger partial charge in [0, 0.05) is 18.4 Å². The van der Waals surface area contributed by atoms with Gasteiger partial charge in [-0.3, -0.25) is 0 Å². The monoisotopic (exact) mass is 333 g/mol. The van der Waals surface area contributed by atoms with E-state index in [1.165, 1.54) is 12.3 Å². The number of aliphatic hydroxyl groups is 1. The van der Waals surface area contributed by atoms with Crippen molar-refractivity contribution in [2.75, 3.05) is 11.4 Å². The van der Waals surface area contributed by atoms with Gasteiger partial charge in [0.25, 0.3) is 0 Å². The van der Waals surface area contributed by atoms with Crippen LogP contribution in [0.2, 0.25) is 0 Å².